The molecule has 0 unspecified atom stereocenters. The van der Waals surface area contributed by atoms with E-state index in [0.29, 0.717) is 0 Å². The fourth-order valence-electron chi connectivity index (χ4n) is 2.01. The molecule has 1 N–H and O–H groups in total. The molecule has 1 aliphatic rings. The molecule has 1 heterocycles. The van der Waals surface area contributed by atoms with E-state index in [1.165, 1.54) is 36.9 Å². The molecule has 0 radical (unpaired) electrons. The summed E-state index contributed by atoms with van der Waals surface area (Å²) in [5.74, 6) is 0.942. The molecule has 3 heteroatoms. The van der Waals surface area contributed by atoms with E-state index >= 15 is 0 Å². The van der Waals surface area contributed by atoms with Crippen molar-refractivity contribution in [1.29, 1.82) is 0 Å². The zero-order valence-corrected chi connectivity index (χ0v) is 9.42. The Balaban J connectivity index is 2.13. The third-order valence-corrected chi connectivity index (χ3v) is 2.88. The molecule has 0 amide bonds. The SMILES string of the molecule is CCCNc1cc2c(nn1)CCCCC2. The molecule has 0 fully saturated rings. The normalized spacial score (nSPS) is 15.5. The molecule has 0 aromatic carbocycles. The zero-order valence-electron chi connectivity index (χ0n) is 9.42. The van der Waals surface area contributed by atoms with Gasteiger partial charge in [-0.25, -0.2) is 0 Å². The largest absolute Gasteiger partial charge is 0.369 e. The lowest BCUT2D eigenvalue weighted by Crippen LogP contribution is -2.06. The van der Waals surface area contributed by atoms with Crippen molar-refractivity contribution in [2.24, 2.45) is 0 Å². The van der Waals surface area contributed by atoms with Crippen LogP contribution in [0.5, 0.6) is 0 Å². The van der Waals surface area contributed by atoms with Gasteiger partial charge in [-0.3, -0.25) is 0 Å². The summed E-state index contributed by atoms with van der Waals surface area (Å²) in [6, 6.07) is 2.18. The van der Waals surface area contributed by atoms with Crippen LogP contribution < -0.4 is 5.32 Å². The predicted octanol–water partition coefficient (Wildman–Crippen LogP) is 2.57. The lowest BCUT2D eigenvalue weighted by atomic mass is 10.1. The maximum Gasteiger partial charge on any atom is 0.148 e. The van der Waals surface area contributed by atoms with E-state index in [0.717, 1.165) is 25.2 Å². The summed E-state index contributed by atoms with van der Waals surface area (Å²) in [5.41, 5.74) is 2.62. The molecule has 1 aliphatic carbocycles. The molecule has 0 spiro atoms. The van der Waals surface area contributed by atoms with Crippen molar-refractivity contribution in [3.63, 3.8) is 0 Å². The van der Waals surface area contributed by atoms with Crippen molar-refractivity contribution in [3.05, 3.63) is 17.3 Å². The molecule has 0 aliphatic heterocycles. The Labute approximate surface area is 91.3 Å². The van der Waals surface area contributed by atoms with Crippen LogP contribution in [0.4, 0.5) is 5.82 Å². The highest BCUT2D eigenvalue weighted by molar-refractivity contribution is 5.38. The van der Waals surface area contributed by atoms with Crippen LogP contribution in [0, 0.1) is 0 Å². The second-order valence-electron chi connectivity index (χ2n) is 4.19. The zero-order chi connectivity index (χ0) is 10.5. The minimum Gasteiger partial charge on any atom is -0.369 e. The van der Waals surface area contributed by atoms with Crippen LogP contribution in [-0.2, 0) is 12.8 Å². The van der Waals surface area contributed by atoms with E-state index in [9.17, 15) is 0 Å². The van der Waals surface area contributed by atoms with Crippen LogP contribution in [0.25, 0.3) is 0 Å². The van der Waals surface area contributed by atoms with Crippen molar-refractivity contribution >= 4 is 5.82 Å². The van der Waals surface area contributed by atoms with Gasteiger partial charge >= 0.3 is 0 Å². The Bertz CT molecular complexity index is 323. The highest BCUT2D eigenvalue weighted by Crippen LogP contribution is 2.19. The van der Waals surface area contributed by atoms with Gasteiger partial charge in [-0.05, 0) is 43.7 Å². The molecule has 15 heavy (non-hydrogen) atoms. The third-order valence-electron chi connectivity index (χ3n) is 2.88. The van der Waals surface area contributed by atoms with E-state index < -0.39 is 0 Å². The van der Waals surface area contributed by atoms with Gasteiger partial charge < -0.3 is 5.32 Å². The molecular formula is C12H19N3. The number of nitrogens with one attached hydrogen (secondary N) is 1. The number of hydrogen-bond donors (Lipinski definition) is 1. The van der Waals surface area contributed by atoms with E-state index in [4.69, 9.17) is 0 Å². The Kier molecular flexibility index (Phi) is 3.54. The minimum absolute atomic E-state index is 0.942. The number of aromatic nitrogens is 2. The summed E-state index contributed by atoms with van der Waals surface area (Å²) in [6.45, 7) is 3.14. The predicted molar refractivity (Wildman–Crippen MR) is 62.1 cm³/mol. The second kappa shape index (κ2) is 5.10. The molecule has 82 valence electrons. The maximum absolute atomic E-state index is 4.32. The summed E-state index contributed by atoms with van der Waals surface area (Å²) in [4.78, 5) is 0. The monoisotopic (exact) mass is 205 g/mol. The van der Waals surface area contributed by atoms with Crippen molar-refractivity contribution in [1.82, 2.24) is 10.2 Å². The molecule has 2 rings (SSSR count). The fourth-order valence-corrected chi connectivity index (χ4v) is 2.01. The number of rotatable bonds is 3. The number of aryl methyl sites for hydroxylation is 2. The van der Waals surface area contributed by atoms with Gasteiger partial charge in [-0.2, -0.15) is 5.10 Å². The van der Waals surface area contributed by atoms with Gasteiger partial charge in [0.25, 0.3) is 0 Å². The first-order valence-corrected chi connectivity index (χ1v) is 5.99. The van der Waals surface area contributed by atoms with Gasteiger partial charge in [0, 0.05) is 6.54 Å². The first-order valence-electron chi connectivity index (χ1n) is 5.99. The third kappa shape index (κ3) is 2.67. The first-order chi connectivity index (χ1) is 7.40. The molecule has 0 saturated heterocycles. The summed E-state index contributed by atoms with van der Waals surface area (Å²) in [5, 5.41) is 11.8. The Hall–Kier alpha value is -1.12. The number of fused-ring (bicyclic) bond motifs is 1. The molecule has 0 saturated carbocycles. The average Bonchev–Trinajstić information content (AvgIpc) is 2.50. The van der Waals surface area contributed by atoms with Gasteiger partial charge in [0.2, 0.25) is 0 Å². The molecule has 3 nitrogen and oxygen atoms in total. The molecule has 1 aromatic rings. The number of hydrogen-bond acceptors (Lipinski definition) is 3. The van der Waals surface area contributed by atoms with E-state index in [2.05, 4.69) is 28.5 Å². The quantitative estimate of drug-likeness (QED) is 0.771. The summed E-state index contributed by atoms with van der Waals surface area (Å²) in [6.07, 6.45) is 7.30. The van der Waals surface area contributed by atoms with E-state index in [-0.39, 0.29) is 0 Å². The maximum atomic E-state index is 4.32. The Morgan fingerprint density at radius 2 is 2.07 bits per heavy atom. The number of anilines is 1. The van der Waals surface area contributed by atoms with E-state index in [1.807, 2.05) is 0 Å². The number of nitrogens with zero attached hydrogens (tertiary/aromatic N) is 2. The van der Waals surface area contributed by atoms with Crippen molar-refractivity contribution in [2.45, 2.75) is 45.4 Å². The van der Waals surface area contributed by atoms with Gasteiger partial charge in [0.1, 0.15) is 5.82 Å². The smallest absolute Gasteiger partial charge is 0.148 e. The molecule has 0 atom stereocenters. The van der Waals surface area contributed by atoms with Crippen LogP contribution in [-0.4, -0.2) is 16.7 Å². The standard InChI is InChI=1S/C12H19N3/c1-2-8-13-12-9-10-6-4-3-5-7-11(10)14-15-12/h9H,2-8H2,1H3,(H,13,15). The first kappa shape index (κ1) is 10.4. The summed E-state index contributed by atoms with van der Waals surface area (Å²) >= 11 is 0. The van der Waals surface area contributed by atoms with Crippen molar-refractivity contribution < 1.29 is 0 Å². The lowest BCUT2D eigenvalue weighted by Gasteiger charge is -2.07. The van der Waals surface area contributed by atoms with Gasteiger partial charge in [0.05, 0.1) is 5.69 Å². The van der Waals surface area contributed by atoms with E-state index in [1.54, 1.807) is 0 Å². The molecular weight excluding hydrogens is 186 g/mol. The van der Waals surface area contributed by atoms with Crippen molar-refractivity contribution in [3.8, 4) is 0 Å². The second-order valence-corrected chi connectivity index (χ2v) is 4.19. The van der Waals surface area contributed by atoms with Crippen LogP contribution in [0.1, 0.15) is 43.9 Å². The molecule has 1 aromatic heterocycles. The molecule has 0 bridgehead atoms. The van der Waals surface area contributed by atoms with Crippen LogP contribution in [0.15, 0.2) is 6.07 Å². The van der Waals surface area contributed by atoms with Crippen molar-refractivity contribution in [2.75, 3.05) is 11.9 Å². The Morgan fingerprint density at radius 3 is 2.93 bits per heavy atom. The van der Waals surface area contributed by atoms with Crippen LogP contribution >= 0.6 is 0 Å². The fraction of sp³-hybridized carbons (Fsp3) is 0.667. The lowest BCUT2D eigenvalue weighted by molar-refractivity contribution is 0.706. The summed E-state index contributed by atoms with van der Waals surface area (Å²) < 4.78 is 0. The minimum atomic E-state index is 0.942. The van der Waals surface area contributed by atoms with Crippen LogP contribution in [0.3, 0.4) is 0 Å². The average molecular weight is 205 g/mol. The highest BCUT2D eigenvalue weighted by Gasteiger charge is 2.10. The highest BCUT2D eigenvalue weighted by atomic mass is 15.2. The summed E-state index contributed by atoms with van der Waals surface area (Å²) in [7, 11) is 0. The Morgan fingerprint density at radius 1 is 1.20 bits per heavy atom. The topological polar surface area (TPSA) is 37.8 Å². The van der Waals surface area contributed by atoms with Crippen LogP contribution in [0.2, 0.25) is 0 Å². The van der Waals surface area contributed by atoms with Gasteiger partial charge in [0.15, 0.2) is 0 Å². The van der Waals surface area contributed by atoms with Gasteiger partial charge in [-0.1, -0.05) is 13.3 Å². The van der Waals surface area contributed by atoms with Gasteiger partial charge in [-0.15, -0.1) is 5.10 Å².